The number of esters is 1. The molecule has 1 atom stereocenters. The first-order valence-electron chi connectivity index (χ1n) is 8.86. The van der Waals surface area contributed by atoms with Crippen LogP contribution in [0.15, 0.2) is 35.4 Å². The van der Waals surface area contributed by atoms with Gasteiger partial charge in [0.2, 0.25) is 0 Å². The van der Waals surface area contributed by atoms with Crippen molar-refractivity contribution >= 4 is 39.1 Å². The standard InChI is InChI=1S/C20H21ClN2O3S/c1-4-5-10-26-20(25)12(2)23-11-22-18-17(19(23)24)16(13(3)27-18)14-6-8-15(21)9-7-14/h6-9,11-12H,4-5,10H2,1-3H3. The quantitative estimate of drug-likeness (QED) is 0.429. The number of halogens is 1. The van der Waals surface area contributed by atoms with Crippen LogP contribution < -0.4 is 5.56 Å². The first-order valence-corrected chi connectivity index (χ1v) is 10.1. The predicted molar refractivity (Wildman–Crippen MR) is 110 cm³/mol. The van der Waals surface area contributed by atoms with E-state index < -0.39 is 12.0 Å². The van der Waals surface area contributed by atoms with Gasteiger partial charge in [-0.3, -0.25) is 9.36 Å². The number of benzene rings is 1. The van der Waals surface area contributed by atoms with E-state index in [1.165, 1.54) is 22.2 Å². The van der Waals surface area contributed by atoms with Gasteiger partial charge in [0.15, 0.2) is 0 Å². The molecule has 142 valence electrons. The lowest BCUT2D eigenvalue weighted by molar-refractivity contribution is -0.147. The fourth-order valence-electron chi connectivity index (χ4n) is 2.91. The highest BCUT2D eigenvalue weighted by atomic mass is 35.5. The van der Waals surface area contributed by atoms with Crippen molar-refractivity contribution in [3.8, 4) is 11.1 Å². The van der Waals surface area contributed by atoms with Crippen LogP contribution in [0, 0.1) is 6.92 Å². The smallest absolute Gasteiger partial charge is 0.328 e. The number of unbranched alkanes of at least 4 members (excludes halogenated alkanes) is 1. The van der Waals surface area contributed by atoms with Crippen molar-refractivity contribution in [1.29, 1.82) is 0 Å². The summed E-state index contributed by atoms with van der Waals surface area (Å²) >= 11 is 7.45. The highest BCUT2D eigenvalue weighted by Crippen LogP contribution is 2.36. The van der Waals surface area contributed by atoms with Crippen molar-refractivity contribution in [2.75, 3.05) is 6.61 Å². The van der Waals surface area contributed by atoms with E-state index in [0.717, 1.165) is 28.8 Å². The maximum atomic E-state index is 13.2. The molecule has 0 aliphatic carbocycles. The van der Waals surface area contributed by atoms with Gasteiger partial charge in [0.05, 0.1) is 18.3 Å². The van der Waals surface area contributed by atoms with E-state index in [-0.39, 0.29) is 5.56 Å². The van der Waals surface area contributed by atoms with Gasteiger partial charge in [-0.2, -0.15) is 0 Å². The second-order valence-electron chi connectivity index (χ2n) is 6.37. The van der Waals surface area contributed by atoms with Gasteiger partial charge in [-0.05, 0) is 38.0 Å². The molecule has 1 unspecified atom stereocenters. The zero-order valence-corrected chi connectivity index (χ0v) is 17.1. The molecule has 0 radical (unpaired) electrons. The largest absolute Gasteiger partial charge is 0.464 e. The first kappa shape index (κ1) is 19.6. The number of carbonyl (C=O) groups excluding carboxylic acids is 1. The average Bonchev–Trinajstić information content (AvgIpc) is 2.99. The van der Waals surface area contributed by atoms with Gasteiger partial charge in [-0.15, -0.1) is 11.3 Å². The Morgan fingerprint density at radius 1 is 1.33 bits per heavy atom. The van der Waals surface area contributed by atoms with Crippen molar-refractivity contribution in [2.24, 2.45) is 0 Å². The molecule has 0 aliphatic heterocycles. The summed E-state index contributed by atoms with van der Waals surface area (Å²) in [5.41, 5.74) is 1.50. The minimum atomic E-state index is -0.732. The monoisotopic (exact) mass is 404 g/mol. The number of carbonyl (C=O) groups is 1. The van der Waals surface area contributed by atoms with E-state index in [4.69, 9.17) is 16.3 Å². The molecule has 0 saturated heterocycles. The van der Waals surface area contributed by atoms with Crippen LogP contribution in [0.1, 0.15) is 37.6 Å². The minimum Gasteiger partial charge on any atom is -0.464 e. The molecule has 0 amide bonds. The summed E-state index contributed by atoms with van der Waals surface area (Å²) in [4.78, 5) is 31.5. The number of fused-ring (bicyclic) bond motifs is 1. The summed E-state index contributed by atoms with van der Waals surface area (Å²) in [6.07, 6.45) is 3.17. The van der Waals surface area contributed by atoms with Gasteiger partial charge in [0.1, 0.15) is 10.9 Å². The molecule has 0 spiro atoms. The lowest BCUT2D eigenvalue weighted by Crippen LogP contribution is -2.29. The molecule has 0 aliphatic rings. The Labute approximate surface area is 166 Å². The number of aryl methyl sites for hydroxylation is 1. The summed E-state index contributed by atoms with van der Waals surface area (Å²) in [6.45, 7) is 6.00. The lowest BCUT2D eigenvalue weighted by Gasteiger charge is -2.14. The average molecular weight is 405 g/mol. The van der Waals surface area contributed by atoms with Crippen LogP contribution in [-0.2, 0) is 9.53 Å². The highest BCUT2D eigenvalue weighted by Gasteiger charge is 2.22. The molecule has 5 nitrogen and oxygen atoms in total. The van der Waals surface area contributed by atoms with Crippen LogP contribution in [0.25, 0.3) is 21.3 Å². The number of thiophene rings is 1. The molecular weight excluding hydrogens is 384 g/mol. The Morgan fingerprint density at radius 2 is 2.04 bits per heavy atom. The number of hydrogen-bond donors (Lipinski definition) is 0. The molecule has 27 heavy (non-hydrogen) atoms. The fraction of sp³-hybridized carbons (Fsp3) is 0.350. The van der Waals surface area contributed by atoms with E-state index in [9.17, 15) is 9.59 Å². The fourth-order valence-corrected chi connectivity index (χ4v) is 4.04. The second-order valence-corrected chi connectivity index (χ2v) is 8.01. The van der Waals surface area contributed by atoms with E-state index in [1.807, 2.05) is 26.0 Å². The van der Waals surface area contributed by atoms with Gasteiger partial charge in [0.25, 0.3) is 5.56 Å². The number of ether oxygens (including phenoxy) is 1. The van der Waals surface area contributed by atoms with Crippen molar-refractivity contribution in [1.82, 2.24) is 9.55 Å². The second kappa shape index (κ2) is 8.23. The molecule has 1 aromatic carbocycles. The van der Waals surface area contributed by atoms with Crippen molar-refractivity contribution < 1.29 is 9.53 Å². The Kier molecular flexibility index (Phi) is 5.97. The zero-order chi connectivity index (χ0) is 19.6. The molecule has 3 aromatic rings. The number of hydrogen-bond acceptors (Lipinski definition) is 5. The van der Waals surface area contributed by atoms with Gasteiger partial charge in [-0.25, -0.2) is 9.78 Å². The highest BCUT2D eigenvalue weighted by molar-refractivity contribution is 7.19. The summed E-state index contributed by atoms with van der Waals surface area (Å²) in [5, 5.41) is 1.16. The van der Waals surface area contributed by atoms with E-state index in [1.54, 1.807) is 19.1 Å². The van der Waals surface area contributed by atoms with Crippen LogP contribution in [0.3, 0.4) is 0 Å². The van der Waals surface area contributed by atoms with Crippen LogP contribution in [0.2, 0.25) is 5.02 Å². The maximum Gasteiger partial charge on any atom is 0.328 e. The van der Waals surface area contributed by atoms with Crippen LogP contribution in [-0.4, -0.2) is 22.1 Å². The van der Waals surface area contributed by atoms with Gasteiger partial charge in [0, 0.05) is 15.5 Å². The minimum absolute atomic E-state index is 0.241. The Balaban J connectivity index is 2.06. The third-order valence-corrected chi connectivity index (χ3v) is 5.71. The van der Waals surface area contributed by atoms with E-state index in [0.29, 0.717) is 21.8 Å². The van der Waals surface area contributed by atoms with E-state index >= 15 is 0 Å². The molecule has 2 aromatic heterocycles. The maximum absolute atomic E-state index is 13.2. The molecule has 3 rings (SSSR count). The molecular formula is C20H21ClN2O3S. The molecule has 0 N–H and O–H groups in total. The van der Waals surface area contributed by atoms with Gasteiger partial charge < -0.3 is 4.74 Å². The third-order valence-electron chi connectivity index (χ3n) is 4.45. The molecule has 2 heterocycles. The SMILES string of the molecule is CCCCOC(=O)C(C)n1cnc2sc(C)c(-c3ccc(Cl)cc3)c2c1=O. The van der Waals surface area contributed by atoms with Crippen LogP contribution in [0.4, 0.5) is 0 Å². The number of nitrogens with zero attached hydrogens (tertiary/aromatic N) is 2. The summed E-state index contributed by atoms with van der Waals surface area (Å²) < 4.78 is 6.61. The van der Waals surface area contributed by atoms with Gasteiger partial charge >= 0.3 is 5.97 Å². The topological polar surface area (TPSA) is 61.2 Å². The summed E-state index contributed by atoms with van der Waals surface area (Å²) in [7, 11) is 0. The Morgan fingerprint density at radius 3 is 2.70 bits per heavy atom. The molecule has 0 saturated carbocycles. The number of aromatic nitrogens is 2. The van der Waals surface area contributed by atoms with Crippen LogP contribution >= 0.6 is 22.9 Å². The summed E-state index contributed by atoms with van der Waals surface area (Å²) in [5.74, 6) is -0.424. The van der Waals surface area contributed by atoms with Crippen molar-refractivity contribution in [3.63, 3.8) is 0 Å². The van der Waals surface area contributed by atoms with Gasteiger partial charge in [-0.1, -0.05) is 37.1 Å². The van der Waals surface area contributed by atoms with Crippen molar-refractivity contribution in [3.05, 3.63) is 50.8 Å². The molecule has 7 heteroatoms. The van der Waals surface area contributed by atoms with E-state index in [2.05, 4.69) is 4.98 Å². The first-order chi connectivity index (χ1) is 12.9. The zero-order valence-electron chi connectivity index (χ0n) is 15.5. The molecule has 0 bridgehead atoms. The van der Waals surface area contributed by atoms with Crippen molar-refractivity contribution in [2.45, 2.75) is 39.7 Å². The Hall–Kier alpha value is -2.18. The normalized spacial score (nSPS) is 12.3. The predicted octanol–water partition coefficient (Wildman–Crippen LogP) is 4.99. The van der Waals surface area contributed by atoms with Crippen LogP contribution in [0.5, 0.6) is 0 Å². The summed E-state index contributed by atoms with van der Waals surface area (Å²) in [6, 6.07) is 6.63. The Bertz CT molecular complexity index is 1020. The third kappa shape index (κ3) is 3.92. The lowest BCUT2D eigenvalue weighted by atomic mass is 10.0. The molecule has 0 fully saturated rings. The number of rotatable bonds is 6.